The molecule has 1 aromatic rings. The van der Waals surface area contributed by atoms with Gasteiger partial charge in [0.2, 0.25) is 0 Å². The summed E-state index contributed by atoms with van der Waals surface area (Å²) in [6, 6.07) is 5.70. The van der Waals surface area contributed by atoms with Crippen LogP contribution in [0.4, 0.5) is 0 Å². The quantitative estimate of drug-likeness (QED) is 0.651. The molecule has 0 N–H and O–H groups in total. The first-order valence-electron chi connectivity index (χ1n) is 6.55. The van der Waals surface area contributed by atoms with Crippen LogP contribution in [0.25, 0.3) is 0 Å². The van der Waals surface area contributed by atoms with Gasteiger partial charge >= 0.3 is 0 Å². The molecule has 1 aromatic carbocycles. The number of carbonyl (C=O) groups is 1. The van der Waals surface area contributed by atoms with Crippen LogP contribution in [-0.4, -0.2) is 5.78 Å². The number of unbranched alkanes of at least 4 members (excludes halogenated alkanes) is 1. The maximum Gasteiger partial charge on any atom is 0.140 e. The van der Waals surface area contributed by atoms with E-state index in [1.165, 1.54) is 0 Å². The van der Waals surface area contributed by atoms with Crippen LogP contribution in [-0.2, 0) is 11.2 Å². The predicted molar refractivity (Wildman–Crippen MR) is 81.2 cm³/mol. The molecule has 0 heterocycles. The minimum Gasteiger partial charge on any atom is -0.299 e. The molecule has 0 fully saturated rings. The standard InChI is InChI=1S/C15H20BrClO/c1-3-5-6-11(4-2)15(18)9-12-7-8-13(16)10-14(12)17/h7-8,10-11H,3-6,9H2,1-2H3. The summed E-state index contributed by atoms with van der Waals surface area (Å²) in [4.78, 5) is 12.2. The Hall–Kier alpha value is -0.340. The smallest absolute Gasteiger partial charge is 0.140 e. The monoisotopic (exact) mass is 330 g/mol. The number of benzene rings is 1. The molecule has 0 aliphatic heterocycles. The van der Waals surface area contributed by atoms with E-state index in [1.807, 2.05) is 18.2 Å². The fraction of sp³-hybridized carbons (Fsp3) is 0.533. The van der Waals surface area contributed by atoms with Gasteiger partial charge in [-0.2, -0.15) is 0 Å². The molecule has 1 unspecified atom stereocenters. The van der Waals surface area contributed by atoms with Crippen molar-refractivity contribution in [3.8, 4) is 0 Å². The van der Waals surface area contributed by atoms with Crippen LogP contribution in [0.15, 0.2) is 22.7 Å². The number of halogens is 2. The van der Waals surface area contributed by atoms with Crippen LogP contribution in [0.5, 0.6) is 0 Å². The summed E-state index contributed by atoms with van der Waals surface area (Å²) in [5.74, 6) is 0.500. The predicted octanol–water partition coefficient (Wildman–Crippen LogP) is 5.43. The first kappa shape index (κ1) is 15.7. The highest BCUT2D eigenvalue weighted by molar-refractivity contribution is 9.10. The van der Waals surface area contributed by atoms with Crippen molar-refractivity contribution < 1.29 is 4.79 Å². The summed E-state index contributed by atoms with van der Waals surface area (Å²) < 4.78 is 0.946. The zero-order valence-corrected chi connectivity index (χ0v) is 13.4. The Bertz CT molecular complexity index is 403. The van der Waals surface area contributed by atoms with E-state index < -0.39 is 0 Å². The summed E-state index contributed by atoms with van der Waals surface area (Å²) in [5.41, 5.74) is 0.930. The Labute approximate surface area is 123 Å². The van der Waals surface area contributed by atoms with Gasteiger partial charge in [-0.05, 0) is 30.5 Å². The van der Waals surface area contributed by atoms with E-state index in [2.05, 4.69) is 29.8 Å². The van der Waals surface area contributed by atoms with Crippen molar-refractivity contribution in [1.82, 2.24) is 0 Å². The number of hydrogen-bond acceptors (Lipinski definition) is 1. The van der Waals surface area contributed by atoms with Crippen LogP contribution >= 0.6 is 27.5 Å². The normalized spacial score (nSPS) is 12.4. The summed E-state index contributed by atoms with van der Waals surface area (Å²) in [6.07, 6.45) is 4.64. The van der Waals surface area contributed by atoms with Crippen LogP contribution in [0.2, 0.25) is 5.02 Å². The zero-order chi connectivity index (χ0) is 13.5. The molecule has 0 aliphatic rings. The average molecular weight is 332 g/mol. The van der Waals surface area contributed by atoms with Crippen molar-refractivity contribution in [3.63, 3.8) is 0 Å². The fourth-order valence-corrected chi connectivity index (χ4v) is 2.78. The molecule has 1 rings (SSSR count). The van der Waals surface area contributed by atoms with E-state index in [4.69, 9.17) is 11.6 Å². The summed E-state index contributed by atoms with van der Waals surface area (Å²) in [6.45, 7) is 4.24. The Kier molecular flexibility index (Phi) is 6.95. The number of hydrogen-bond donors (Lipinski definition) is 0. The molecule has 18 heavy (non-hydrogen) atoms. The van der Waals surface area contributed by atoms with Crippen LogP contribution in [0, 0.1) is 5.92 Å². The topological polar surface area (TPSA) is 17.1 Å². The molecule has 0 amide bonds. The van der Waals surface area contributed by atoms with Gasteiger partial charge in [0, 0.05) is 21.8 Å². The van der Waals surface area contributed by atoms with Crippen molar-refractivity contribution >= 4 is 33.3 Å². The molecule has 0 radical (unpaired) electrons. The van der Waals surface area contributed by atoms with Gasteiger partial charge < -0.3 is 0 Å². The largest absolute Gasteiger partial charge is 0.299 e. The van der Waals surface area contributed by atoms with E-state index in [1.54, 1.807) is 0 Å². The highest BCUT2D eigenvalue weighted by Crippen LogP contribution is 2.24. The Morgan fingerprint density at radius 1 is 1.39 bits per heavy atom. The van der Waals surface area contributed by atoms with Gasteiger partial charge in [0.1, 0.15) is 5.78 Å². The molecule has 0 saturated heterocycles. The van der Waals surface area contributed by atoms with E-state index in [-0.39, 0.29) is 5.92 Å². The van der Waals surface area contributed by atoms with Crippen molar-refractivity contribution in [3.05, 3.63) is 33.3 Å². The lowest BCUT2D eigenvalue weighted by Gasteiger charge is -2.13. The second-order valence-corrected chi connectivity index (χ2v) is 5.95. The molecule has 0 aromatic heterocycles. The number of rotatable bonds is 7. The van der Waals surface area contributed by atoms with Gasteiger partial charge in [0.15, 0.2) is 0 Å². The van der Waals surface area contributed by atoms with E-state index in [0.717, 1.165) is 35.7 Å². The van der Waals surface area contributed by atoms with Gasteiger partial charge in [-0.3, -0.25) is 4.79 Å². The van der Waals surface area contributed by atoms with Gasteiger partial charge in [0.25, 0.3) is 0 Å². The fourth-order valence-electron chi connectivity index (χ4n) is 2.04. The molecule has 0 bridgehead atoms. The molecule has 1 nitrogen and oxygen atoms in total. The lowest BCUT2D eigenvalue weighted by Crippen LogP contribution is -2.16. The lowest BCUT2D eigenvalue weighted by molar-refractivity contribution is -0.122. The van der Waals surface area contributed by atoms with Gasteiger partial charge in [-0.1, -0.05) is 60.3 Å². The Morgan fingerprint density at radius 3 is 2.67 bits per heavy atom. The van der Waals surface area contributed by atoms with Gasteiger partial charge in [-0.25, -0.2) is 0 Å². The SMILES string of the molecule is CCCCC(CC)C(=O)Cc1ccc(Br)cc1Cl. The molecular formula is C15H20BrClO. The summed E-state index contributed by atoms with van der Waals surface area (Å²) in [7, 11) is 0. The minimum absolute atomic E-state index is 0.185. The highest BCUT2D eigenvalue weighted by Gasteiger charge is 2.17. The Balaban J connectivity index is 2.67. The maximum absolute atomic E-state index is 12.2. The third kappa shape index (κ3) is 4.74. The molecule has 0 spiro atoms. The van der Waals surface area contributed by atoms with Gasteiger partial charge in [-0.15, -0.1) is 0 Å². The second-order valence-electron chi connectivity index (χ2n) is 4.63. The number of carbonyl (C=O) groups excluding carboxylic acids is 1. The van der Waals surface area contributed by atoms with E-state index >= 15 is 0 Å². The van der Waals surface area contributed by atoms with Crippen LogP contribution in [0.3, 0.4) is 0 Å². The third-order valence-electron chi connectivity index (χ3n) is 3.23. The van der Waals surface area contributed by atoms with Crippen molar-refractivity contribution in [2.24, 2.45) is 5.92 Å². The minimum atomic E-state index is 0.185. The zero-order valence-electron chi connectivity index (χ0n) is 11.0. The summed E-state index contributed by atoms with van der Waals surface area (Å²) in [5, 5.41) is 0.670. The maximum atomic E-state index is 12.2. The lowest BCUT2D eigenvalue weighted by atomic mass is 9.91. The molecule has 1 atom stereocenters. The first-order valence-corrected chi connectivity index (χ1v) is 7.72. The Morgan fingerprint density at radius 2 is 2.11 bits per heavy atom. The number of ketones is 1. The molecule has 100 valence electrons. The molecule has 0 aliphatic carbocycles. The van der Waals surface area contributed by atoms with Crippen molar-refractivity contribution in [2.45, 2.75) is 46.0 Å². The van der Waals surface area contributed by atoms with Gasteiger partial charge in [0.05, 0.1) is 0 Å². The van der Waals surface area contributed by atoms with Crippen molar-refractivity contribution in [2.75, 3.05) is 0 Å². The van der Waals surface area contributed by atoms with Crippen LogP contribution < -0.4 is 0 Å². The van der Waals surface area contributed by atoms with Crippen molar-refractivity contribution in [1.29, 1.82) is 0 Å². The molecule has 0 saturated carbocycles. The van der Waals surface area contributed by atoms with E-state index in [0.29, 0.717) is 17.2 Å². The molecule has 3 heteroatoms. The third-order valence-corrected chi connectivity index (χ3v) is 4.08. The summed E-state index contributed by atoms with van der Waals surface area (Å²) >= 11 is 9.51. The average Bonchev–Trinajstić information content (AvgIpc) is 2.34. The molecular weight excluding hydrogens is 312 g/mol. The first-order chi connectivity index (χ1) is 8.58. The second kappa shape index (κ2) is 7.96. The highest BCUT2D eigenvalue weighted by atomic mass is 79.9. The van der Waals surface area contributed by atoms with E-state index in [9.17, 15) is 4.79 Å². The van der Waals surface area contributed by atoms with Crippen LogP contribution in [0.1, 0.15) is 45.1 Å². The number of Topliss-reactive ketones (excluding diaryl/α,β-unsaturated/α-hetero) is 1.